The van der Waals surface area contributed by atoms with Crippen LogP contribution in [-0.2, 0) is 9.53 Å². The molecule has 2 saturated carbocycles. The molecule has 1 N–H and O–H groups in total. The summed E-state index contributed by atoms with van der Waals surface area (Å²) in [5, 5.41) is 3.02. The number of rotatable bonds is 2. The van der Waals surface area contributed by atoms with Crippen LogP contribution in [0.15, 0.2) is 0 Å². The molecule has 2 aliphatic rings. The molecular formula is C15H25NO3. The molecule has 2 fully saturated rings. The van der Waals surface area contributed by atoms with Gasteiger partial charge in [-0.05, 0) is 65.2 Å². The number of fused-ring (bicyclic) bond motifs is 1. The summed E-state index contributed by atoms with van der Waals surface area (Å²) in [5.74, 6) is 1.39. The maximum Gasteiger partial charge on any atom is 0.408 e. The Morgan fingerprint density at radius 2 is 1.79 bits per heavy atom. The molecule has 4 nitrogen and oxygen atoms in total. The lowest BCUT2D eigenvalue weighted by Crippen LogP contribution is -2.46. The third-order valence-corrected chi connectivity index (χ3v) is 4.30. The largest absolute Gasteiger partial charge is 0.444 e. The van der Waals surface area contributed by atoms with Gasteiger partial charge < -0.3 is 14.8 Å². The number of carbonyl (C=O) groups is 2. The lowest BCUT2D eigenvalue weighted by molar-refractivity contribution is -0.111. The second kappa shape index (κ2) is 4.80. The van der Waals surface area contributed by atoms with Gasteiger partial charge in [-0.1, -0.05) is 0 Å². The van der Waals surface area contributed by atoms with Gasteiger partial charge in [-0.3, -0.25) is 0 Å². The van der Waals surface area contributed by atoms with E-state index in [1.165, 1.54) is 0 Å². The minimum Gasteiger partial charge on any atom is -0.444 e. The lowest BCUT2D eigenvalue weighted by Gasteiger charge is -2.29. The van der Waals surface area contributed by atoms with Crippen LogP contribution in [0.5, 0.6) is 0 Å². The SMILES string of the molecule is CC1(NC(=O)OC(C)(C)C)C[C@H]2CC(C=O)C[C@H]2C1. The highest BCUT2D eigenvalue weighted by Crippen LogP contribution is 2.50. The molecule has 0 aromatic carbocycles. The van der Waals surface area contributed by atoms with Gasteiger partial charge >= 0.3 is 6.09 Å². The smallest absolute Gasteiger partial charge is 0.408 e. The van der Waals surface area contributed by atoms with Gasteiger partial charge in [0.2, 0.25) is 0 Å². The highest BCUT2D eigenvalue weighted by Gasteiger charge is 2.48. The van der Waals surface area contributed by atoms with Gasteiger partial charge in [0, 0.05) is 11.5 Å². The minimum atomic E-state index is -0.461. The van der Waals surface area contributed by atoms with Crippen LogP contribution in [0.2, 0.25) is 0 Å². The van der Waals surface area contributed by atoms with Gasteiger partial charge in [-0.2, -0.15) is 0 Å². The van der Waals surface area contributed by atoms with Crippen LogP contribution in [0.3, 0.4) is 0 Å². The summed E-state index contributed by atoms with van der Waals surface area (Å²) in [6.07, 6.45) is 4.65. The van der Waals surface area contributed by atoms with Crippen LogP contribution < -0.4 is 5.32 Å². The minimum absolute atomic E-state index is 0.175. The Kier molecular flexibility index (Phi) is 3.63. The van der Waals surface area contributed by atoms with Gasteiger partial charge in [-0.15, -0.1) is 0 Å². The Morgan fingerprint density at radius 1 is 1.26 bits per heavy atom. The number of hydrogen-bond donors (Lipinski definition) is 1. The molecule has 2 unspecified atom stereocenters. The molecule has 19 heavy (non-hydrogen) atoms. The predicted molar refractivity (Wildman–Crippen MR) is 72.8 cm³/mol. The first-order valence-corrected chi connectivity index (χ1v) is 7.17. The fourth-order valence-corrected chi connectivity index (χ4v) is 3.76. The number of carbonyl (C=O) groups excluding carboxylic acids is 2. The van der Waals surface area contributed by atoms with Crippen LogP contribution >= 0.6 is 0 Å². The maximum atomic E-state index is 11.9. The van der Waals surface area contributed by atoms with Crippen LogP contribution in [-0.4, -0.2) is 23.5 Å². The molecule has 0 aromatic rings. The number of nitrogens with one attached hydrogen (secondary N) is 1. The second-order valence-electron chi connectivity index (χ2n) is 7.48. The van der Waals surface area contributed by atoms with Crippen molar-refractivity contribution in [3.8, 4) is 0 Å². The van der Waals surface area contributed by atoms with E-state index >= 15 is 0 Å². The summed E-state index contributed by atoms with van der Waals surface area (Å²) >= 11 is 0. The first kappa shape index (κ1) is 14.4. The van der Waals surface area contributed by atoms with Gasteiger partial charge in [0.25, 0.3) is 0 Å². The van der Waals surface area contributed by atoms with Crippen molar-refractivity contribution in [3.05, 3.63) is 0 Å². The lowest BCUT2D eigenvalue weighted by atomic mass is 9.94. The molecule has 4 heteroatoms. The van der Waals surface area contributed by atoms with Crippen molar-refractivity contribution in [2.45, 2.75) is 64.5 Å². The van der Waals surface area contributed by atoms with Crippen molar-refractivity contribution in [1.29, 1.82) is 0 Å². The standard InChI is InChI=1S/C15H25NO3/c1-14(2,3)19-13(18)16-15(4)7-11-5-10(9-17)6-12(11)8-15/h9-12H,5-8H2,1-4H3,(H,16,18)/t10?,11-,12+,15?. The van der Waals surface area contributed by atoms with E-state index in [9.17, 15) is 9.59 Å². The molecular weight excluding hydrogens is 242 g/mol. The number of amides is 1. The molecule has 0 spiro atoms. The number of ether oxygens (including phenoxy) is 1. The van der Waals surface area contributed by atoms with Crippen molar-refractivity contribution in [3.63, 3.8) is 0 Å². The van der Waals surface area contributed by atoms with E-state index < -0.39 is 5.60 Å². The summed E-state index contributed by atoms with van der Waals surface area (Å²) in [6.45, 7) is 7.69. The Morgan fingerprint density at radius 3 is 2.21 bits per heavy atom. The molecule has 0 bridgehead atoms. The normalized spacial score (nSPS) is 37.8. The van der Waals surface area contributed by atoms with E-state index in [-0.39, 0.29) is 17.6 Å². The Hall–Kier alpha value is -1.06. The third kappa shape index (κ3) is 3.48. The van der Waals surface area contributed by atoms with E-state index in [0.29, 0.717) is 11.8 Å². The average Bonchev–Trinajstić information content (AvgIpc) is 2.67. The molecule has 2 aliphatic carbocycles. The van der Waals surface area contributed by atoms with Gasteiger partial charge in [0.1, 0.15) is 11.9 Å². The number of hydrogen-bond acceptors (Lipinski definition) is 3. The quantitative estimate of drug-likeness (QED) is 0.783. The maximum absolute atomic E-state index is 11.9. The van der Waals surface area contributed by atoms with E-state index in [1.54, 1.807) is 0 Å². The predicted octanol–water partition coefficient (Wildman–Crippen LogP) is 2.90. The zero-order valence-corrected chi connectivity index (χ0v) is 12.4. The topological polar surface area (TPSA) is 55.4 Å². The Bertz CT molecular complexity index is 358. The van der Waals surface area contributed by atoms with E-state index in [4.69, 9.17) is 4.74 Å². The van der Waals surface area contributed by atoms with Crippen LogP contribution in [0.4, 0.5) is 4.79 Å². The first-order chi connectivity index (χ1) is 8.71. The van der Waals surface area contributed by atoms with E-state index in [1.807, 2.05) is 20.8 Å². The zero-order chi connectivity index (χ0) is 14.3. The molecule has 1 amide bonds. The third-order valence-electron chi connectivity index (χ3n) is 4.30. The zero-order valence-electron chi connectivity index (χ0n) is 12.4. The van der Waals surface area contributed by atoms with Crippen molar-refractivity contribution in [1.82, 2.24) is 5.32 Å². The summed E-state index contributed by atoms with van der Waals surface area (Å²) in [4.78, 5) is 22.7. The van der Waals surface area contributed by atoms with Gasteiger partial charge in [0.05, 0.1) is 0 Å². The molecule has 108 valence electrons. The van der Waals surface area contributed by atoms with E-state index in [2.05, 4.69) is 12.2 Å². The highest BCUT2D eigenvalue weighted by molar-refractivity contribution is 5.68. The molecule has 0 heterocycles. The van der Waals surface area contributed by atoms with Crippen molar-refractivity contribution in [2.75, 3.05) is 0 Å². The molecule has 0 aromatic heterocycles. The summed E-state index contributed by atoms with van der Waals surface area (Å²) in [5.41, 5.74) is -0.636. The van der Waals surface area contributed by atoms with Crippen LogP contribution in [0, 0.1) is 17.8 Å². The van der Waals surface area contributed by atoms with Crippen LogP contribution in [0.1, 0.15) is 53.4 Å². The highest BCUT2D eigenvalue weighted by atomic mass is 16.6. The fraction of sp³-hybridized carbons (Fsp3) is 0.867. The van der Waals surface area contributed by atoms with Gasteiger partial charge in [0.15, 0.2) is 0 Å². The van der Waals surface area contributed by atoms with Crippen molar-refractivity contribution in [2.24, 2.45) is 17.8 Å². The molecule has 0 saturated heterocycles. The van der Waals surface area contributed by atoms with Crippen molar-refractivity contribution < 1.29 is 14.3 Å². The summed E-state index contributed by atoms with van der Waals surface area (Å²) in [7, 11) is 0. The van der Waals surface area contributed by atoms with Gasteiger partial charge in [-0.25, -0.2) is 4.79 Å². The Labute approximate surface area is 115 Å². The van der Waals surface area contributed by atoms with E-state index in [0.717, 1.165) is 32.0 Å². The summed E-state index contributed by atoms with van der Waals surface area (Å²) in [6, 6.07) is 0. The first-order valence-electron chi connectivity index (χ1n) is 7.17. The molecule has 0 radical (unpaired) electrons. The molecule has 2 rings (SSSR count). The van der Waals surface area contributed by atoms with Crippen molar-refractivity contribution >= 4 is 12.4 Å². The molecule has 4 atom stereocenters. The monoisotopic (exact) mass is 267 g/mol. The van der Waals surface area contributed by atoms with Crippen LogP contribution in [0.25, 0.3) is 0 Å². The molecule has 0 aliphatic heterocycles. The second-order valence-corrected chi connectivity index (χ2v) is 7.48. The average molecular weight is 267 g/mol. The fourth-order valence-electron chi connectivity index (χ4n) is 3.76. The number of aldehydes is 1. The number of alkyl carbamates (subject to hydrolysis) is 1. The summed E-state index contributed by atoms with van der Waals surface area (Å²) < 4.78 is 5.32. The Balaban J connectivity index is 1.89.